The zero-order valence-electron chi connectivity index (χ0n) is 34.9. The van der Waals surface area contributed by atoms with E-state index < -0.39 is 52.8 Å². The molecule has 6 rings (SSSR count). The Hall–Kier alpha value is -4.10. The van der Waals surface area contributed by atoms with E-state index in [1.807, 2.05) is 47.2 Å². The first-order chi connectivity index (χ1) is 30.1. The van der Waals surface area contributed by atoms with Crippen molar-refractivity contribution >= 4 is 66.1 Å². The zero-order valence-corrected chi connectivity index (χ0v) is 38.1. The van der Waals surface area contributed by atoms with Crippen LogP contribution in [-0.4, -0.2) is 97.4 Å². The van der Waals surface area contributed by atoms with Crippen LogP contribution in [0, 0.1) is 0 Å². The Morgan fingerprint density at radius 2 is 1.65 bits per heavy atom. The zero-order chi connectivity index (χ0) is 45.0. The summed E-state index contributed by atoms with van der Waals surface area (Å²) in [5.41, 5.74) is -1.59. The van der Waals surface area contributed by atoms with Crippen molar-refractivity contribution in [1.82, 2.24) is 14.9 Å². The standard InChI is InChI=1S/C45H53ClF3N5O6S3/c1-60-30-38-9-7-26-54(38)27-23-37(31-61-39-10-3-2-4-11-39)52-42-22-21-40(28-43(42)62(56,57)45(47,48)49)63(58,59)53-44(55)33-15-19-36(20-16-33)51-25-24-50-29-34-8-5-6-12-41(34)32-13-17-35(46)18-14-32/h2-4,10-11,13-22,28,37-38,50-52H,5-9,12,23-27,29-31H2,1H3,(H,53,55)/t37-,38+/m1/s1. The molecular weight excluding hydrogens is 895 g/mol. The molecule has 4 aromatic rings. The van der Waals surface area contributed by atoms with Crippen LogP contribution in [0.1, 0.15) is 60.9 Å². The largest absolute Gasteiger partial charge is 0.501 e. The van der Waals surface area contributed by atoms with Gasteiger partial charge >= 0.3 is 5.51 Å². The summed E-state index contributed by atoms with van der Waals surface area (Å²) in [7, 11) is -9.27. The van der Waals surface area contributed by atoms with Gasteiger partial charge in [0.05, 0.1) is 17.2 Å². The molecule has 1 amide bonds. The lowest BCUT2D eigenvalue weighted by molar-refractivity contribution is -0.0435. The fraction of sp³-hybridized carbons (Fsp3) is 0.400. The minimum absolute atomic E-state index is 0.0351. The number of halogens is 4. The molecule has 0 bridgehead atoms. The van der Waals surface area contributed by atoms with E-state index >= 15 is 0 Å². The lowest BCUT2D eigenvalue weighted by Crippen LogP contribution is -2.37. The molecule has 0 saturated carbocycles. The molecule has 2 aliphatic rings. The average molecular weight is 949 g/mol. The van der Waals surface area contributed by atoms with Crippen LogP contribution in [0.5, 0.6) is 0 Å². The minimum Gasteiger partial charge on any atom is -0.384 e. The van der Waals surface area contributed by atoms with E-state index in [1.165, 1.54) is 40.6 Å². The molecule has 4 aromatic carbocycles. The van der Waals surface area contributed by atoms with Gasteiger partial charge in [0.15, 0.2) is 0 Å². The molecule has 63 heavy (non-hydrogen) atoms. The second-order valence-corrected chi connectivity index (χ2v) is 20.7. The fourth-order valence-electron chi connectivity index (χ4n) is 7.84. The van der Waals surface area contributed by atoms with Gasteiger partial charge < -0.3 is 20.7 Å². The van der Waals surface area contributed by atoms with Crippen LogP contribution in [0.4, 0.5) is 24.5 Å². The first kappa shape index (κ1) is 48.4. The number of sulfone groups is 1. The highest BCUT2D eigenvalue weighted by Crippen LogP contribution is 2.37. The number of rotatable bonds is 21. The molecule has 1 aliphatic heterocycles. The smallest absolute Gasteiger partial charge is 0.384 e. The highest BCUT2D eigenvalue weighted by atomic mass is 35.5. The molecule has 1 fully saturated rings. The topological polar surface area (TPSA) is 146 Å². The van der Waals surface area contributed by atoms with Crippen LogP contribution in [0.3, 0.4) is 0 Å². The third-order valence-electron chi connectivity index (χ3n) is 11.2. The number of hydrogen-bond donors (Lipinski definition) is 4. The lowest BCUT2D eigenvalue weighted by atomic mass is 9.87. The molecule has 0 radical (unpaired) electrons. The third kappa shape index (κ3) is 13.2. The Morgan fingerprint density at radius 1 is 0.921 bits per heavy atom. The number of nitrogens with one attached hydrogen (secondary N) is 4. The van der Waals surface area contributed by atoms with Gasteiger partial charge in [-0.2, -0.15) is 13.2 Å². The van der Waals surface area contributed by atoms with Crippen molar-refractivity contribution in [3.05, 3.63) is 119 Å². The van der Waals surface area contributed by atoms with E-state index in [0.29, 0.717) is 55.2 Å². The molecule has 2 atom stereocenters. The van der Waals surface area contributed by atoms with E-state index in [-0.39, 0.29) is 11.6 Å². The van der Waals surface area contributed by atoms with Crippen LogP contribution >= 0.6 is 23.4 Å². The summed E-state index contributed by atoms with van der Waals surface area (Å²) in [6.07, 6.45) is 6.70. The molecule has 4 N–H and O–H groups in total. The highest BCUT2D eigenvalue weighted by Gasteiger charge is 2.48. The summed E-state index contributed by atoms with van der Waals surface area (Å²) in [5.74, 6) is -0.681. The molecule has 0 unspecified atom stereocenters. The molecule has 1 heterocycles. The summed E-state index contributed by atoms with van der Waals surface area (Å²) in [5, 5.41) is 10.5. The second kappa shape index (κ2) is 22.2. The number of carbonyl (C=O) groups is 1. The first-order valence-electron chi connectivity index (χ1n) is 20.9. The number of methoxy groups -OCH3 is 1. The van der Waals surface area contributed by atoms with Crippen LogP contribution in [0.15, 0.2) is 117 Å². The fourth-order valence-corrected chi connectivity index (χ4v) is 11.0. The Balaban J connectivity index is 1.10. The number of sulfonamides is 1. The number of alkyl halides is 3. The van der Waals surface area contributed by atoms with Gasteiger partial charge in [-0.3, -0.25) is 9.69 Å². The van der Waals surface area contributed by atoms with Crippen molar-refractivity contribution in [2.75, 3.05) is 62.8 Å². The summed E-state index contributed by atoms with van der Waals surface area (Å²) in [6, 6.07) is 25.4. The monoisotopic (exact) mass is 947 g/mol. The predicted molar refractivity (Wildman–Crippen MR) is 245 cm³/mol. The van der Waals surface area contributed by atoms with E-state index in [4.69, 9.17) is 16.3 Å². The maximum atomic E-state index is 14.2. The van der Waals surface area contributed by atoms with E-state index in [2.05, 4.69) is 33.0 Å². The van der Waals surface area contributed by atoms with Crippen LogP contribution in [0.2, 0.25) is 5.02 Å². The maximum absolute atomic E-state index is 14.2. The summed E-state index contributed by atoms with van der Waals surface area (Å²) in [6.45, 7) is 3.90. The molecule has 1 saturated heterocycles. The Labute approximate surface area is 377 Å². The summed E-state index contributed by atoms with van der Waals surface area (Å²) >= 11 is 7.54. The van der Waals surface area contributed by atoms with Gasteiger partial charge in [0.2, 0.25) is 0 Å². The molecular formula is C45H53ClF3N5O6S3. The van der Waals surface area contributed by atoms with Crippen molar-refractivity contribution in [1.29, 1.82) is 0 Å². The lowest BCUT2D eigenvalue weighted by Gasteiger charge is -2.28. The SMILES string of the molecule is COC[C@@H]1CCCN1CC[C@H](CSc1ccccc1)Nc1ccc(S(=O)(=O)NC(=O)c2ccc(NCCNCC3=C(c4ccc(Cl)cc4)CCCC3)cc2)cc1S(=O)(=O)C(F)(F)F. The highest BCUT2D eigenvalue weighted by molar-refractivity contribution is 7.99. The molecule has 18 heteroatoms. The number of likely N-dealkylation sites (tertiary alicyclic amines) is 1. The number of allylic oxidation sites excluding steroid dienone is 1. The normalized spacial score (nSPS) is 16.8. The summed E-state index contributed by atoms with van der Waals surface area (Å²) in [4.78, 5) is 14.2. The van der Waals surface area contributed by atoms with Gasteiger partial charge in [-0.05, 0) is 129 Å². The Morgan fingerprint density at radius 3 is 2.37 bits per heavy atom. The van der Waals surface area contributed by atoms with Gasteiger partial charge in [-0.15, -0.1) is 11.8 Å². The van der Waals surface area contributed by atoms with E-state index in [9.17, 15) is 34.8 Å². The van der Waals surface area contributed by atoms with Crippen molar-refractivity contribution in [2.24, 2.45) is 0 Å². The van der Waals surface area contributed by atoms with Crippen LogP contribution in [0.25, 0.3) is 5.57 Å². The van der Waals surface area contributed by atoms with Crippen molar-refractivity contribution < 1.29 is 39.5 Å². The number of hydrogen-bond acceptors (Lipinski definition) is 11. The maximum Gasteiger partial charge on any atom is 0.501 e. The van der Waals surface area contributed by atoms with E-state index in [1.54, 1.807) is 19.2 Å². The van der Waals surface area contributed by atoms with E-state index in [0.717, 1.165) is 68.6 Å². The third-order valence-corrected chi connectivity index (χ3v) is 15.4. The number of nitrogens with zero attached hydrogens (tertiary/aromatic N) is 1. The second-order valence-electron chi connectivity index (χ2n) is 15.6. The number of thioether (sulfide) groups is 1. The summed E-state index contributed by atoms with van der Waals surface area (Å²) < 4.78 is 103. The van der Waals surface area contributed by atoms with Crippen molar-refractivity contribution in [3.8, 4) is 0 Å². The van der Waals surface area contributed by atoms with Gasteiger partial charge in [0, 0.05) is 72.3 Å². The first-order valence-corrected chi connectivity index (χ1v) is 25.2. The van der Waals surface area contributed by atoms with Gasteiger partial charge in [-0.1, -0.05) is 47.5 Å². The predicted octanol–water partition coefficient (Wildman–Crippen LogP) is 8.86. The molecule has 1 aliphatic carbocycles. The molecule has 340 valence electrons. The molecule has 11 nitrogen and oxygen atoms in total. The Bertz CT molecular complexity index is 2410. The van der Waals surface area contributed by atoms with Crippen molar-refractivity contribution in [3.63, 3.8) is 0 Å². The van der Waals surface area contributed by atoms with Gasteiger partial charge in [-0.25, -0.2) is 21.6 Å². The van der Waals surface area contributed by atoms with Crippen LogP contribution < -0.4 is 20.7 Å². The number of ether oxygens (including phenoxy) is 1. The minimum atomic E-state index is -6.06. The van der Waals surface area contributed by atoms with Crippen LogP contribution in [-0.2, 0) is 24.6 Å². The number of anilines is 2. The quantitative estimate of drug-likeness (QED) is 0.0470. The number of amides is 1. The van der Waals surface area contributed by atoms with Gasteiger partial charge in [0.25, 0.3) is 25.8 Å². The van der Waals surface area contributed by atoms with Crippen molar-refractivity contribution in [2.45, 2.75) is 77.2 Å². The molecule has 0 aromatic heterocycles. The Kier molecular flexibility index (Phi) is 17.0. The number of carbonyl (C=O) groups excluding carboxylic acids is 1. The molecule has 0 spiro atoms. The number of benzene rings is 4. The average Bonchev–Trinajstić information content (AvgIpc) is 3.71. The van der Waals surface area contributed by atoms with Gasteiger partial charge in [0.1, 0.15) is 4.90 Å².